The van der Waals surface area contributed by atoms with Crippen LogP contribution >= 0.6 is 11.6 Å². The zero-order valence-corrected chi connectivity index (χ0v) is 18.0. The largest absolute Gasteiger partial charge is 0.494 e. The summed E-state index contributed by atoms with van der Waals surface area (Å²) in [6.45, 7) is 4.12. The number of aryl methyl sites for hydroxylation is 1. The molecule has 30 heavy (non-hydrogen) atoms. The first-order valence-electron chi connectivity index (χ1n) is 9.22. The molecule has 0 aliphatic carbocycles. The molecular weight excluding hydrogens is 424 g/mol. The smallest absolute Gasteiger partial charge is 0.261 e. The van der Waals surface area contributed by atoms with Crippen molar-refractivity contribution in [2.45, 2.75) is 18.7 Å². The van der Waals surface area contributed by atoms with E-state index < -0.39 is 15.9 Å². The van der Waals surface area contributed by atoms with Gasteiger partial charge in [-0.15, -0.1) is 0 Å². The maximum absolute atomic E-state index is 12.8. The van der Waals surface area contributed by atoms with Crippen molar-refractivity contribution in [3.63, 3.8) is 0 Å². The molecule has 3 aromatic rings. The molecule has 3 rings (SSSR count). The maximum Gasteiger partial charge on any atom is 0.261 e. The second kappa shape index (κ2) is 9.19. The van der Waals surface area contributed by atoms with Gasteiger partial charge < -0.3 is 10.1 Å². The standard InChI is InChI=1S/C22H21ClN2O4S/c1-3-29-17-11-9-16(10-12-17)25-30(27,28)18-13-8-15(2)19(14-18)22(26)24-21-7-5-4-6-20(21)23/h4-14,25H,3H2,1-2H3,(H,24,26). The lowest BCUT2D eigenvalue weighted by atomic mass is 10.1. The van der Waals surface area contributed by atoms with E-state index in [-0.39, 0.29) is 10.5 Å². The Balaban J connectivity index is 1.84. The summed E-state index contributed by atoms with van der Waals surface area (Å²) in [5.74, 6) is 0.202. The van der Waals surface area contributed by atoms with Crippen LogP contribution in [0.5, 0.6) is 5.75 Å². The minimum absolute atomic E-state index is 0.0220. The summed E-state index contributed by atoms with van der Waals surface area (Å²) in [5.41, 5.74) is 1.72. The van der Waals surface area contributed by atoms with Gasteiger partial charge in [-0.3, -0.25) is 9.52 Å². The van der Waals surface area contributed by atoms with E-state index in [1.54, 1.807) is 61.5 Å². The van der Waals surface area contributed by atoms with Gasteiger partial charge in [0.25, 0.3) is 15.9 Å². The normalized spacial score (nSPS) is 11.0. The van der Waals surface area contributed by atoms with Gasteiger partial charge in [0.05, 0.1) is 22.2 Å². The lowest BCUT2D eigenvalue weighted by molar-refractivity contribution is 0.102. The van der Waals surface area contributed by atoms with Crippen molar-refractivity contribution in [3.8, 4) is 5.75 Å². The molecule has 0 fully saturated rings. The molecule has 0 unspecified atom stereocenters. The Morgan fingerprint density at radius 1 is 1.03 bits per heavy atom. The van der Waals surface area contributed by atoms with Crippen LogP contribution in [0.4, 0.5) is 11.4 Å². The van der Waals surface area contributed by atoms with Crippen LogP contribution in [0.3, 0.4) is 0 Å². The van der Waals surface area contributed by atoms with E-state index in [2.05, 4.69) is 10.0 Å². The zero-order valence-electron chi connectivity index (χ0n) is 16.5. The van der Waals surface area contributed by atoms with Crippen molar-refractivity contribution in [3.05, 3.63) is 82.9 Å². The Morgan fingerprint density at radius 2 is 1.73 bits per heavy atom. The van der Waals surface area contributed by atoms with Crippen LogP contribution in [-0.4, -0.2) is 20.9 Å². The molecule has 6 nitrogen and oxygen atoms in total. The number of hydrogen-bond acceptors (Lipinski definition) is 4. The number of amides is 1. The number of sulfonamides is 1. The van der Waals surface area contributed by atoms with Crippen molar-refractivity contribution >= 4 is 38.9 Å². The summed E-state index contributed by atoms with van der Waals surface area (Å²) in [5, 5.41) is 3.11. The molecule has 2 N–H and O–H groups in total. The van der Waals surface area contributed by atoms with Crippen molar-refractivity contribution < 1.29 is 17.9 Å². The van der Waals surface area contributed by atoms with Crippen LogP contribution in [-0.2, 0) is 10.0 Å². The minimum Gasteiger partial charge on any atom is -0.494 e. The fourth-order valence-electron chi connectivity index (χ4n) is 2.77. The molecule has 0 aliphatic heterocycles. The summed E-state index contributed by atoms with van der Waals surface area (Å²) < 4.78 is 33.5. The first kappa shape index (κ1) is 21.7. The number of nitrogens with one attached hydrogen (secondary N) is 2. The molecule has 0 saturated carbocycles. The lowest BCUT2D eigenvalue weighted by Gasteiger charge is -2.13. The highest BCUT2D eigenvalue weighted by Crippen LogP contribution is 2.24. The third-order valence-corrected chi connectivity index (χ3v) is 6.01. The minimum atomic E-state index is -3.89. The average molecular weight is 445 g/mol. The number of anilines is 2. The third kappa shape index (κ3) is 5.11. The van der Waals surface area contributed by atoms with Crippen LogP contribution in [0, 0.1) is 6.92 Å². The fourth-order valence-corrected chi connectivity index (χ4v) is 4.03. The number of rotatable bonds is 7. The molecule has 0 heterocycles. The monoisotopic (exact) mass is 444 g/mol. The zero-order chi connectivity index (χ0) is 21.7. The van der Waals surface area contributed by atoms with E-state index in [9.17, 15) is 13.2 Å². The van der Waals surface area contributed by atoms with Gasteiger partial charge in [-0.2, -0.15) is 0 Å². The SMILES string of the molecule is CCOc1ccc(NS(=O)(=O)c2ccc(C)c(C(=O)Nc3ccccc3Cl)c2)cc1. The van der Waals surface area contributed by atoms with Gasteiger partial charge in [-0.1, -0.05) is 29.8 Å². The van der Waals surface area contributed by atoms with Crippen LogP contribution in [0.2, 0.25) is 5.02 Å². The first-order chi connectivity index (χ1) is 14.3. The predicted octanol–water partition coefficient (Wildman–Crippen LogP) is 5.10. The molecule has 156 valence electrons. The number of ether oxygens (including phenoxy) is 1. The van der Waals surface area contributed by atoms with Crippen LogP contribution in [0.25, 0.3) is 0 Å². The highest BCUT2D eigenvalue weighted by Gasteiger charge is 2.19. The van der Waals surface area contributed by atoms with E-state index in [1.165, 1.54) is 12.1 Å². The molecule has 0 radical (unpaired) electrons. The molecule has 0 spiro atoms. The Hall–Kier alpha value is -3.03. The molecule has 1 amide bonds. The molecule has 0 saturated heterocycles. The highest BCUT2D eigenvalue weighted by molar-refractivity contribution is 7.92. The van der Waals surface area contributed by atoms with Crippen molar-refractivity contribution in [1.82, 2.24) is 0 Å². The van der Waals surface area contributed by atoms with Gasteiger partial charge in [0.15, 0.2) is 0 Å². The first-order valence-corrected chi connectivity index (χ1v) is 11.1. The van der Waals surface area contributed by atoms with Gasteiger partial charge >= 0.3 is 0 Å². The van der Waals surface area contributed by atoms with Gasteiger partial charge in [-0.05, 0) is 67.9 Å². The maximum atomic E-state index is 12.8. The molecule has 0 atom stereocenters. The number of halogens is 1. The molecule has 3 aromatic carbocycles. The fraction of sp³-hybridized carbons (Fsp3) is 0.136. The number of benzene rings is 3. The summed E-state index contributed by atoms with van der Waals surface area (Å²) >= 11 is 6.09. The van der Waals surface area contributed by atoms with Gasteiger partial charge in [-0.25, -0.2) is 8.42 Å². The van der Waals surface area contributed by atoms with E-state index >= 15 is 0 Å². The quantitative estimate of drug-likeness (QED) is 0.531. The molecule has 0 aromatic heterocycles. The van der Waals surface area contributed by atoms with Gasteiger partial charge in [0.2, 0.25) is 0 Å². The van der Waals surface area contributed by atoms with E-state index in [0.29, 0.717) is 34.3 Å². The van der Waals surface area contributed by atoms with Gasteiger partial charge in [0.1, 0.15) is 5.75 Å². The Morgan fingerprint density at radius 3 is 2.40 bits per heavy atom. The summed E-state index contributed by atoms with van der Waals surface area (Å²) in [4.78, 5) is 12.7. The Bertz CT molecular complexity index is 1160. The van der Waals surface area contributed by atoms with E-state index in [0.717, 1.165) is 0 Å². The number of para-hydroxylation sites is 1. The summed E-state index contributed by atoms with van der Waals surface area (Å²) in [6.07, 6.45) is 0. The average Bonchev–Trinajstić information content (AvgIpc) is 2.71. The molecule has 0 aliphatic rings. The Kier molecular flexibility index (Phi) is 6.64. The van der Waals surface area contributed by atoms with Crippen LogP contribution in [0.1, 0.15) is 22.8 Å². The molecule has 0 bridgehead atoms. The van der Waals surface area contributed by atoms with Crippen molar-refractivity contribution in [2.75, 3.05) is 16.6 Å². The second-order valence-corrected chi connectivity index (χ2v) is 8.56. The third-order valence-electron chi connectivity index (χ3n) is 4.30. The topological polar surface area (TPSA) is 84.5 Å². The number of carbonyl (C=O) groups excluding carboxylic acids is 1. The van der Waals surface area contributed by atoms with Gasteiger partial charge in [0, 0.05) is 11.3 Å². The second-order valence-electron chi connectivity index (χ2n) is 6.47. The summed E-state index contributed by atoms with van der Waals surface area (Å²) in [6, 6.07) is 17.8. The molecule has 8 heteroatoms. The number of carbonyl (C=O) groups is 1. The van der Waals surface area contributed by atoms with Crippen LogP contribution < -0.4 is 14.8 Å². The summed E-state index contributed by atoms with van der Waals surface area (Å²) in [7, 11) is -3.89. The Labute approximate surface area is 180 Å². The van der Waals surface area contributed by atoms with Crippen molar-refractivity contribution in [1.29, 1.82) is 0 Å². The van der Waals surface area contributed by atoms with Crippen LogP contribution in [0.15, 0.2) is 71.6 Å². The predicted molar refractivity (Wildman–Crippen MR) is 119 cm³/mol. The number of hydrogen-bond donors (Lipinski definition) is 2. The lowest BCUT2D eigenvalue weighted by Crippen LogP contribution is -2.17. The highest BCUT2D eigenvalue weighted by atomic mass is 35.5. The molecular formula is C22H21ClN2O4S. The van der Waals surface area contributed by atoms with E-state index in [4.69, 9.17) is 16.3 Å². The van der Waals surface area contributed by atoms with Crippen molar-refractivity contribution in [2.24, 2.45) is 0 Å². The van der Waals surface area contributed by atoms with E-state index in [1.807, 2.05) is 6.92 Å².